The van der Waals surface area contributed by atoms with Crippen molar-refractivity contribution in [2.45, 2.75) is 38.6 Å². The lowest BCUT2D eigenvalue weighted by atomic mass is 10.0. The molecule has 1 saturated heterocycles. The minimum absolute atomic E-state index is 0.0404. The summed E-state index contributed by atoms with van der Waals surface area (Å²) < 4.78 is 0.963. The van der Waals surface area contributed by atoms with Gasteiger partial charge in [-0.15, -0.1) is 0 Å². The van der Waals surface area contributed by atoms with E-state index in [0.717, 1.165) is 50.4 Å². The van der Waals surface area contributed by atoms with Gasteiger partial charge in [0.25, 0.3) is 0 Å². The van der Waals surface area contributed by atoms with E-state index in [1.165, 1.54) is 30.9 Å². The maximum absolute atomic E-state index is 12.4. The molecule has 0 spiro atoms. The van der Waals surface area contributed by atoms with Gasteiger partial charge in [0, 0.05) is 18.8 Å². The zero-order valence-electron chi connectivity index (χ0n) is 16.9. The van der Waals surface area contributed by atoms with Crippen molar-refractivity contribution < 1.29 is 4.79 Å². The number of thiazole rings is 1. The fourth-order valence-electron chi connectivity index (χ4n) is 3.70. The first-order valence-electron chi connectivity index (χ1n) is 9.85. The summed E-state index contributed by atoms with van der Waals surface area (Å²) >= 11 is 3.06. The maximum atomic E-state index is 12.4. The molecule has 2 aromatic heterocycles. The van der Waals surface area contributed by atoms with E-state index in [9.17, 15) is 4.79 Å². The smallest absolute Gasteiger partial charge is 0.234 e. The van der Waals surface area contributed by atoms with Crippen LogP contribution in [0.1, 0.15) is 30.9 Å². The Morgan fingerprint density at radius 1 is 1.28 bits per heavy atom. The molecule has 152 valence electrons. The molecule has 0 aliphatic carbocycles. The molecule has 1 aliphatic heterocycles. The first kappa shape index (κ1) is 20.1. The van der Waals surface area contributed by atoms with Gasteiger partial charge in [-0.1, -0.05) is 36.1 Å². The maximum Gasteiger partial charge on any atom is 0.234 e. The summed E-state index contributed by atoms with van der Waals surface area (Å²) in [6.07, 6.45) is 4.01. The standard InChI is InChI=1S/C21H25N5OS2/c1-13-5-4-6-26(10-13)21-25-19-18(29-21)20(23-12-22-19)28-11-17(27)24-16-8-14(2)7-15(3)9-16/h7-9,12-13H,4-6,10-11H2,1-3H3,(H,24,27)/t13-/m1/s1. The largest absolute Gasteiger partial charge is 0.348 e. The number of benzene rings is 1. The van der Waals surface area contributed by atoms with Crippen LogP contribution in [0.15, 0.2) is 29.6 Å². The van der Waals surface area contributed by atoms with Gasteiger partial charge in [-0.05, 0) is 55.9 Å². The Hall–Kier alpha value is -2.19. The van der Waals surface area contributed by atoms with E-state index in [1.807, 2.05) is 26.0 Å². The molecular weight excluding hydrogens is 402 g/mol. The van der Waals surface area contributed by atoms with Crippen LogP contribution in [0.2, 0.25) is 0 Å². The molecule has 29 heavy (non-hydrogen) atoms. The lowest BCUT2D eigenvalue weighted by Gasteiger charge is -2.30. The van der Waals surface area contributed by atoms with E-state index in [1.54, 1.807) is 11.3 Å². The topological polar surface area (TPSA) is 71.0 Å². The monoisotopic (exact) mass is 427 g/mol. The average Bonchev–Trinajstić information content (AvgIpc) is 3.10. The van der Waals surface area contributed by atoms with Gasteiger partial charge >= 0.3 is 0 Å². The number of aromatic nitrogens is 3. The van der Waals surface area contributed by atoms with E-state index in [4.69, 9.17) is 4.98 Å². The van der Waals surface area contributed by atoms with E-state index >= 15 is 0 Å². The minimum atomic E-state index is -0.0404. The molecule has 3 aromatic rings. The molecule has 1 aliphatic rings. The van der Waals surface area contributed by atoms with Crippen LogP contribution in [-0.4, -0.2) is 39.7 Å². The molecule has 1 N–H and O–H groups in total. The molecular formula is C21H25N5OS2. The lowest BCUT2D eigenvalue weighted by Crippen LogP contribution is -2.34. The lowest BCUT2D eigenvalue weighted by molar-refractivity contribution is -0.113. The number of piperidine rings is 1. The number of nitrogens with one attached hydrogen (secondary N) is 1. The van der Waals surface area contributed by atoms with Crippen LogP contribution < -0.4 is 10.2 Å². The zero-order chi connectivity index (χ0) is 20.4. The Kier molecular flexibility index (Phi) is 6.01. The number of fused-ring (bicyclic) bond motifs is 1. The molecule has 8 heteroatoms. The number of nitrogens with zero attached hydrogens (tertiary/aromatic N) is 4. The summed E-state index contributed by atoms with van der Waals surface area (Å²) in [5, 5.41) is 4.81. The van der Waals surface area contributed by atoms with Crippen molar-refractivity contribution in [2.75, 3.05) is 29.1 Å². The van der Waals surface area contributed by atoms with Gasteiger partial charge in [0.05, 0.1) is 5.75 Å². The molecule has 1 atom stereocenters. The highest BCUT2D eigenvalue weighted by Gasteiger charge is 2.21. The number of rotatable bonds is 5. The Morgan fingerprint density at radius 2 is 2.07 bits per heavy atom. The summed E-state index contributed by atoms with van der Waals surface area (Å²) in [6, 6.07) is 6.05. The molecule has 1 amide bonds. The highest BCUT2D eigenvalue weighted by atomic mass is 32.2. The Morgan fingerprint density at radius 3 is 2.83 bits per heavy atom. The summed E-state index contributed by atoms with van der Waals surface area (Å²) in [5.74, 6) is 0.943. The second-order valence-electron chi connectivity index (χ2n) is 7.73. The van der Waals surface area contributed by atoms with Gasteiger partial charge < -0.3 is 10.2 Å². The zero-order valence-corrected chi connectivity index (χ0v) is 18.6. The third kappa shape index (κ3) is 4.87. The number of carbonyl (C=O) groups excluding carboxylic acids is 1. The van der Waals surface area contributed by atoms with Gasteiger partial charge in [0.2, 0.25) is 5.91 Å². The number of hydrogen-bond acceptors (Lipinski definition) is 7. The molecule has 0 bridgehead atoms. The average molecular weight is 428 g/mol. The fourth-order valence-corrected chi connectivity index (χ4v) is 5.63. The highest BCUT2D eigenvalue weighted by molar-refractivity contribution is 8.00. The first-order chi connectivity index (χ1) is 14.0. The normalized spacial score (nSPS) is 16.9. The Balaban J connectivity index is 1.45. The third-order valence-corrected chi connectivity index (χ3v) is 7.15. The van der Waals surface area contributed by atoms with Crippen LogP contribution in [0.25, 0.3) is 10.3 Å². The second kappa shape index (κ2) is 8.67. The third-order valence-electron chi connectivity index (χ3n) is 4.92. The van der Waals surface area contributed by atoms with E-state index in [2.05, 4.69) is 33.2 Å². The highest BCUT2D eigenvalue weighted by Crippen LogP contribution is 2.35. The van der Waals surface area contributed by atoms with Crippen LogP contribution in [0.4, 0.5) is 10.8 Å². The minimum Gasteiger partial charge on any atom is -0.348 e. The number of amides is 1. The van der Waals surface area contributed by atoms with E-state index in [-0.39, 0.29) is 5.91 Å². The predicted octanol–water partition coefficient (Wildman–Crippen LogP) is 4.67. The summed E-state index contributed by atoms with van der Waals surface area (Å²) in [7, 11) is 0. The van der Waals surface area contributed by atoms with Gasteiger partial charge in [-0.2, -0.15) is 4.98 Å². The molecule has 0 radical (unpaired) electrons. The number of carbonyl (C=O) groups is 1. The van der Waals surface area contributed by atoms with Gasteiger partial charge in [-0.25, -0.2) is 9.97 Å². The van der Waals surface area contributed by atoms with Crippen molar-refractivity contribution in [3.05, 3.63) is 35.7 Å². The molecule has 0 unspecified atom stereocenters. The Labute approximate surface area is 179 Å². The van der Waals surface area contributed by atoms with Crippen LogP contribution in [-0.2, 0) is 4.79 Å². The summed E-state index contributed by atoms with van der Waals surface area (Å²) in [4.78, 5) is 28.3. The molecule has 1 aromatic carbocycles. The first-order valence-corrected chi connectivity index (χ1v) is 11.7. The van der Waals surface area contributed by atoms with Crippen molar-refractivity contribution in [1.82, 2.24) is 15.0 Å². The number of thioether (sulfide) groups is 1. The van der Waals surface area contributed by atoms with Crippen LogP contribution in [0.3, 0.4) is 0 Å². The number of aryl methyl sites for hydroxylation is 2. The molecule has 1 fully saturated rings. The van der Waals surface area contributed by atoms with Crippen LogP contribution in [0, 0.1) is 19.8 Å². The molecule has 0 saturated carbocycles. The fraction of sp³-hybridized carbons (Fsp3) is 0.429. The van der Waals surface area contributed by atoms with Gasteiger partial charge in [-0.3, -0.25) is 4.79 Å². The van der Waals surface area contributed by atoms with Crippen molar-refractivity contribution in [1.29, 1.82) is 0 Å². The molecule has 4 rings (SSSR count). The van der Waals surface area contributed by atoms with Crippen molar-refractivity contribution in [2.24, 2.45) is 5.92 Å². The van der Waals surface area contributed by atoms with Gasteiger partial charge in [0.15, 0.2) is 10.8 Å². The molecule has 6 nitrogen and oxygen atoms in total. The number of hydrogen-bond donors (Lipinski definition) is 1. The second-order valence-corrected chi connectivity index (χ2v) is 9.68. The van der Waals surface area contributed by atoms with Crippen molar-refractivity contribution in [3.8, 4) is 0 Å². The van der Waals surface area contributed by atoms with E-state index in [0.29, 0.717) is 11.7 Å². The summed E-state index contributed by atoms with van der Waals surface area (Å²) in [6.45, 7) is 8.42. The van der Waals surface area contributed by atoms with Crippen molar-refractivity contribution in [3.63, 3.8) is 0 Å². The SMILES string of the molecule is Cc1cc(C)cc(NC(=O)CSc2ncnc3nc(N4CCC[C@@H](C)C4)sc23)c1. The van der Waals surface area contributed by atoms with Gasteiger partial charge in [0.1, 0.15) is 16.1 Å². The Bertz CT molecular complexity index is 1010. The number of anilines is 2. The van der Waals surface area contributed by atoms with Crippen LogP contribution in [0.5, 0.6) is 0 Å². The van der Waals surface area contributed by atoms with Crippen molar-refractivity contribution >= 4 is 50.2 Å². The van der Waals surface area contributed by atoms with Crippen LogP contribution >= 0.6 is 23.1 Å². The summed E-state index contributed by atoms with van der Waals surface area (Å²) in [5.41, 5.74) is 3.82. The predicted molar refractivity (Wildman–Crippen MR) is 121 cm³/mol. The quantitative estimate of drug-likeness (QED) is 0.471. The molecule has 3 heterocycles. The van der Waals surface area contributed by atoms with E-state index < -0.39 is 0 Å².